The quantitative estimate of drug-likeness (QED) is 0.609. The maximum Gasteiger partial charge on any atom is 0.331 e. The van der Waals surface area contributed by atoms with Crippen LogP contribution < -0.4 is 4.90 Å². The number of carbonyl (C=O) groups excluding carboxylic acids is 1. The zero-order valence-electron chi connectivity index (χ0n) is 12.0. The highest BCUT2D eigenvalue weighted by Gasteiger charge is 2.54. The summed E-state index contributed by atoms with van der Waals surface area (Å²) < 4.78 is 5.18. The third-order valence-corrected chi connectivity index (χ3v) is 4.18. The first-order valence-corrected chi connectivity index (χ1v) is 7.83. The summed E-state index contributed by atoms with van der Waals surface area (Å²) >= 11 is 11.9. The molecule has 1 aliphatic heterocycles. The number of esters is 1. The zero-order valence-corrected chi connectivity index (χ0v) is 13.5. The number of carbonyl (C=O) groups is 1. The number of hydrogen-bond donors (Lipinski definition) is 0. The fraction of sp³-hybridized carbons (Fsp3) is 0.235. The number of anilines is 1. The number of ether oxygens (including phenoxy) is 1. The molecule has 0 N–H and O–H groups in total. The Balaban J connectivity index is 1.90. The average molecular weight is 336 g/mol. The Bertz CT molecular complexity index is 619. The van der Waals surface area contributed by atoms with E-state index in [2.05, 4.69) is 0 Å². The van der Waals surface area contributed by atoms with Gasteiger partial charge < -0.3 is 9.64 Å². The molecule has 2 aromatic carbocycles. The highest BCUT2D eigenvalue weighted by atomic mass is 35.5. The summed E-state index contributed by atoms with van der Waals surface area (Å²) in [6.07, 6.45) is 0. The number of benzene rings is 2. The smallest absolute Gasteiger partial charge is 0.331 e. The lowest BCUT2D eigenvalue weighted by Crippen LogP contribution is -2.15. The van der Waals surface area contributed by atoms with Crippen LogP contribution in [0.1, 0.15) is 18.5 Å². The highest BCUT2D eigenvalue weighted by molar-refractivity contribution is 6.30. The van der Waals surface area contributed by atoms with Crippen LogP contribution in [0.2, 0.25) is 10.0 Å². The number of nitrogens with zero attached hydrogens (tertiary/aromatic N) is 1. The highest BCUT2D eigenvalue weighted by Crippen LogP contribution is 2.47. The lowest BCUT2D eigenvalue weighted by molar-refractivity contribution is -0.142. The standard InChI is InChI=1S/C17H15Cl2NO2/c1-2-22-17(21)16-15(11-3-5-12(18)6-4-11)20(16)14-9-7-13(19)8-10-14/h3-10,15-16H,2H2,1H3/t15-,16+,20?/m1/s1. The van der Waals surface area contributed by atoms with E-state index in [-0.39, 0.29) is 18.1 Å². The van der Waals surface area contributed by atoms with Gasteiger partial charge in [-0.05, 0) is 48.9 Å². The molecule has 0 unspecified atom stereocenters. The third-order valence-electron chi connectivity index (χ3n) is 3.67. The van der Waals surface area contributed by atoms with Gasteiger partial charge in [-0.2, -0.15) is 0 Å². The minimum absolute atomic E-state index is 0.0301. The van der Waals surface area contributed by atoms with Gasteiger partial charge in [0.1, 0.15) is 0 Å². The lowest BCUT2D eigenvalue weighted by Gasteiger charge is -2.06. The largest absolute Gasteiger partial charge is 0.464 e. The zero-order chi connectivity index (χ0) is 15.7. The molecule has 0 bridgehead atoms. The van der Waals surface area contributed by atoms with Crippen molar-refractivity contribution in [1.29, 1.82) is 0 Å². The molecule has 114 valence electrons. The predicted octanol–water partition coefficient (Wildman–Crippen LogP) is 4.49. The van der Waals surface area contributed by atoms with Crippen LogP contribution in [0.15, 0.2) is 48.5 Å². The number of hydrogen-bond acceptors (Lipinski definition) is 3. The second-order valence-electron chi connectivity index (χ2n) is 5.08. The Morgan fingerprint density at radius 1 is 1.05 bits per heavy atom. The van der Waals surface area contributed by atoms with E-state index in [4.69, 9.17) is 27.9 Å². The Labute approximate surface area is 139 Å². The van der Waals surface area contributed by atoms with Crippen LogP contribution in [0.5, 0.6) is 0 Å². The van der Waals surface area contributed by atoms with Gasteiger partial charge in [0.05, 0.1) is 12.6 Å². The average Bonchev–Trinajstić information content (AvgIpc) is 3.24. The maximum absolute atomic E-state index is 12.2. The molecule has 3 rings (SSSR count). The van der Waals surface area contributed by atoms with Gasteiger partial charge in [-0.25, -0.2) is 4.79 Å². The molecule has 5 heteroatoms. The first kappa shape index (κ1) is 15.2. The number of rotatable bonds is 4. The summed E-state index contributed by atoms with van der Waals surface area (Å²) in [6, 6.07) is 14.7. The molecule has 3 nitrogen and oxygen atoms in total. The van der Waals surface area contributed by atoms with E-state index in [9.17, 15) is 4.79 Å². The molecular formula is C17H15Cl2NO2. The van der Waals surface area contributed by atoms with Gasteiger partial charge in [-0.1, -0.05) is 35.3 Å². The van der Waals surface area contributed by atoms with Crippen molar-refractivity contribution in [2.75, 3.05) is 11.5 Å². The summed E-state index contributed by atoms with van der Waals surface area (Å²) in [6.45, 7) is 2.18. The topological polar surface area (TPSA) is 29.3 Å². The fourth-order valence-electron chi connectivity index (χ4n) is 2.64. The van der Waals surface area contributed by atoms with Crippen LogP contribution in [0.25, 0.3) is 0 Å². The molecule has 1 fully saturated rings. The van der Waals surface area contributed by atoms with Crippen LogP contribution >= 0.6 is 23.2 Å². The third kappa shape index (κ3) is 2.92. The second kappa shape index (κ2) is 6.19. The Morgan fingerprint density at radius 2 is 1.59 bits per heavy atom. The molecule has 1 heterocycles. The SMILES string of the molecule is CCOC(=O)[C@@H]1[C@@H](c2ccc(Cl)cc2)N1c1ccc(Cl)cc1. The fourth-order valence-corrected chi connectivity index (χ4v) is 2.89. The normalized spacial score (nSPS) is 19.9. The van der Waals surface area contributed by atoms with Crippen molar-refractivity contribution >= 4 is 34.9 Å². The molecular weight excluding hydrogens is 321 g/mol. The van der Waals surface area contributed by atoms with Crippen molar-refractivity contribution in [2.45, 2.75) is 19.0 Å². The molecule has 0 aromatic heterocycles. The van der Waals surface area contributed by atoms with Gasteiger partial charge in [0.15, 0.2) is 6.04 Å². The maximum atomic E-state index is 12.2. The van der Waals surface area contributed by atoms with Crippen molar-refractivity contribution in [3.8, 4) is 0 Å². The molecule has 1 aliphatic rings. The van der Waals surface area contributed by atoms with E-state index in [1.807, 2.05) is 60.4 Å². The molecule has 0 spiro atoms. The van der Waals surface area contributed by atoms with E-state index in [0.29, 0.717) is 16.7 Å². The molecule has 0 radical (unpaired) electrons. The van der Waals surface area contributed by atoms with Crippen molar-refractivity contribution in [2.24, 2.45) is 0 Å². The summed E-state index contributed by atoms with van der Waals surface area (Å²) in [5.74, 6) is -0.211. The minimum atomic E-state index is -0.303. The molecule has 0 saturated carbocycles. The van der Waals surface area contributed by atoms with Crippen molar-refractivity contribution < 1.29 is 9.53 Å². The summed E-state index contributed by atoms with van der Waals surface area (Å²) in [5, 5.41) is 1.34. The molecule has 22 heavy (non-hydrogen) atoms. The lowest BCUT2D eigenvalue weighted by atomic mass is 10.1. The van der Waals surface area contributed by atoms with Crippen molar-refractivity contribution in [3.63, 3.8) is 0 Å². The summed E-state index contributed by atoms with van der Waals surface area (Å²) in [4.78, 5) is 14.2. The van der Waals surface area contributed by atoms with Crippen LogP contribution in [0.3, 0.4) is 0 Å². The van der Waals surface area contributed by atoms with E-state index >= 15 is 0 Å². The molecule has 0 amide bonds. The van der Waals surface area contributed by atoms with Crippen molar-refractivity contribution in [3.05, 3.63) is 64.1 Å². The van der Waals surface area contributed by atoms with Crippen LogP contribution in [-0.4, -0.2) is 18.6 Å². The summed E-state index contributed by atoms with van der Waals surface area (Å²) in [7, 11) is 0. The van der Waals surface area contributed by atoms with Crippen molar-refractivity contribution in [1.82, 2.24) is 0 Å². The van der Waals surface area contributed by atoms with E-state index in [0.717, 1.165) is 11.3 Å². The Morgan fingerprint density at radius 3 is 2.14 bits per heavy atom. The van der Waals surface area contributed by atoms with Crippen LogP contribution in [0, 0.1) is 0 Å². The monoisotopic (exact) mass is 335 g/mol. The van der Waals surface area contributed by atoms with E-state index < -0.39 is 0 Å². The molecule has 2 atom stereocenters. The van der Waals surface area contributed by atoms with E-state index in [1.165, 1.54) is 0 Å². The summed E-state index contributed by atoms with van der Waals surface area (Å²) in [5.41, 5.74) is 1.99. The van der Waals surface area contributed by atoms with Gasteiger partial charge in [0.2, 0.25) is 0 Å². The molecule has 2 aromatic rings. The van der Waals surface area contributed by atoms with E-state index in [1.54, 1.807) is 0 Å². The van der Waals surface area contributed by atoms with Gasteiger partial charge in [0, 0.05) is 15.7 Å². The van der Waals surface area contributed by atoms with Gasteiger partial charge in [0.25, 0.3) is 0 Å². The van der Waals surface area contributed by atoms with Gasteiger partial charge in [-0.3, -0.25) is 0 Å². The Hall–Kier alpha value is -1.71. The van der Waals surface area contributed by atoms with Crippen LogP contribution in [-0.2, 0) is 9.53 Å². The first-order chi connectivity index (χ1) is 10.6. The predicted molar refractivity (Wildman–Crippen MR) is 88.5 cm³/mol. The van der Waals surface area contributed by atoms with Gasteiger partial charge >= 0.3 is 5.97 Å². The molecule has 0 aliphatic carbocycles. The Kier molecular flexibility index (Phi) is 4.27. The second-order valence-corrected chi connectivity index (χ2v) is 5.95. The van der Waals surface area contributed by atoms with Crippen LogP contribution in [0.4, 0.5) is 5.69 Å². The minimum Gasteiger partial charge on any atom is -0.464 e. The number of halogens is 2. The van der Waals surface area contributed by atoms with Gasteiger partial charge in [-0.15, -0.1) is 0 Å². The first-order valence-electron chi connectivity index (χ1n) is 7.08. The molecule has 1 saturated heterocycles.